The molecule has 1 amide bonds. The SMILES string of the molecule is COc1cc2c3c(c1OC)-c1ccccc1CC3N(C(=O)c1cc[n+](Cc3ccccc3)cc1)CC2. The second kappa shape index (κ2) is 9.15. The Morgan fingerprint density at radius 1 is 0.944 bits per heavy atom. The van der Waals surface area contributed by atoms with Crippen LogP contribution >= 0.6 is 0 Å². The van der Waals surface area contributed by atoms with E-state index in [1.165, 1.54) is 22.3 Å². The second-order valence-electron chi connectivity index (χ2n) is 9.43. The molecule has 5 nitrogen and oxygen atoms in total. The summed E-state index contributed by atoms with van der Waals surface area (Å²) in [6.07, 6.45) is 5.56. The third kappa shape index (κ3) is 3.72. The lowest BCUT2D eigenvalue weighted by Crippen LogP contribution is -2.43. The Bertz CT molecular complexity index is 1430. The number of amides is 1. The summed E-state index contributed by atoms with van der Waals surface area (Å²) < 4.78 is 13.7. The smallest absolute Gasteiger partial charge is 0.254 e. The number of rotatable bonds is 5. The van der Waals surface area contributed by atoms with Gasteiger partial charge in [0.1, 0.15) is 0 Å². The van der Waals surface area contributed by atoms with Crippen molar-refractivity contribution in [1.82, 2.24) is 4.90 Å². The van der Waals surface area contributed by atoms with Gasteiger partial charge in [0, 0.05) is 29.8 Å². The van der Waals surface area contributed by atoms with Crippen LogP contribution in [0, 0.1) is 0 Å². The van der Waals surface area contributed by atoms with E-state index < -0.39 is 0 Å². The molecule has 5 heteroatoms. The Labute approximate surface area is 211 Å². The minimum atomic E-state index is -0.0393. The van der Waals surface area contributed by atoms with Crippen molar-refractivity contribution in [2.45, 2.75) is 25.4 Å². The molecule has 0 saturated carbocycles. The molecule has 1 aromatic heterocycles. The van der Waals surface area contributed by atoms with E-state index in [0.29, 0.717) is 12.1 Å². The first kappa shape index (κ1) is 22.4. The second-order valence-corrected chi connectivity index (χ2v) is 9.43. The Balaban J connectivity index is 1.36. The number of carbonyl (C=O) groups excluding carboxylic acids is 1. The number of benzene rings is 3. The predicted octanol–water partition coefficient (Wildman–Crippen LogP) is 5.00. The van der Waals surface area contributed by atoms with Crippen LogP contribution in [0.5, 0.6) is 11.5 Å². The molecule has 0 bridgehead atoms. The fourth-order valence-electron chi connectivity index (χ4n) is 5.74. The molecule has 0 N–H and O–H groups in total. The number of hydrogen-bond donors (Lipinski definition) is 0. The van der Waals surface area contributed by atoms with E-state index >= 15 is 0 Å². The lowest BCUT2D eigenvalue weighted by molar-refractivity contribution is -0.688. The molecule has 4 aromatic rings. The quantitative estimate of drug-likeness (QED) is 0.380. The van der Waals surface area contributed by atoms with Gasteiger partial charge in [0.25, 0.3) is 5.91 Å². The molecule has 1 aliphatic heterocycles. The number of hydrogen-bond acceptors (Lipinski definition) is 3. The minimum absolute atomic E-state index is 0.0393. The molecule has 2 heterocycles. The van der Waals surface area contributed by atoms with Gasteiger partial charge in [-0.05, 0) is 41.2 Å². The van der Waals surface area contributed by atoms with Crippen molar-refractivity contribution in [3.63, 3.8) is 0 Å². The molecule has 0 radical (unpaired) electrons. The van der Waals surface area contributed by atoms with E-state index in [4.69, 9.17) is 9.47 Å². The fraction of sp³-hybridized carbons (Fsp3) is 0.226. The van der Waals surface area contributed by atoms with Gasteiger partial charge in [0.05, 0.1) is 25.8 Å². The van der Waals surface area contributed by atoms with Gasteiger partial charge in [-0.15, -0.1) is 0 Å². The third-order valence-electron chi connectivity index (χ3n) is 7.43. The van der Waals surface area contributed by atoms with Crippen molar-refractivity contribution < 1.29 is 18.8 Å². The van der Waals surface area contributed by atoms with Crippen LogP contribution in [0.2, 0.25) is 0 Å². The zero-order chi connectivity index (χ0) is 24.6. The maximum absolute atomic E-state index is 13.8. The number of ether oxygens (including phenoxy) is 2. The van der Waals surface area contributed by atoms with Gasteiger partial charge in [-0.1, -0.05) is 54.6 Å². The monoisotopic (exact) mass is 477 g/mol. The maximum atomic E-state index is 13.8. The Hall–Kier alpha value is -4.12. The average Bonchev–Trinajstić information content (AvgIpc) is 2.93. The van der Waals surface area contributed by atoms with Gasteiger partial charge in [0.15, 0.2) is 30.4 Å². The molecule has 1 unspecified atom stereocenters. The van der Waals surface area contributed by atoms with Crippen molar-refractivity contribution in [2.24, 2.45) is 0 Å². The molecular weight excluding hydrogens is 448 g/mol. The normalized spacial score (nSPS) is 15.6. The van der Waals surface area contributed by atoms with Crippen LogP contribution in [0.25, 0.3) is 11.1 Å². The molecule has 0 saturated heterocycles. The number of aromatic nitrogens is 1. The summed E-state index contributed by atoms with van der Waals surface area (Å²) in [6.45, 7) is 1.45. The molecule has 3 aromatic carbocycles. The molecular formula is C31H29N2O3+. The zero-order valence-corrected chi connectivity index (χ0v) is 20.6. The van der Waals surface area contributed by atoms with Crippen molar-refractivity contribution >= 4 is 5.91 Å². The van der Waals surface area contributed by atoms with Gasteiger partial charge in [0.2, 0.25) is 0 Å². The van der Waals surface area contributed by atoms with Crippen LogP contribution in [-0.2, 0) is 19.4 Å². The van der Waals surface area contributed by atoms with Crippen LogP contribution in [0.3, 0.4) is 0 Å². The molecule has 6 rings (SSSR count). The molecule has 1 aliphatic carbocycles. The Kier molecular flexibility index (Phi) is 5.68. The van der Waals surface area contributed by atoms with Crippen molar-refractivity contribution in [3.05, 3.63) is 113 Å². The van der Waals surface area contributed by atoms with E-state index in [2.05, 4.69) is 47.0 Å². The van der Waals surface area contributed by atoms with Crippen LogP contribution < -0.4 is 14.0 Å². The van der Waals surface area contributed by atoms with E-state index in [-0.39, 0.29) is 11.9 Å². The Morgan fingerprint density at radius 2 is 1.69 bits per heavy atom. The first-order valence-electron chi connectivity index (χ1n) is 12.4. The van der Waals surface area contributed by atoms with Crippen molar-refractivity contribution in [3.8, 4) is 22.6 Å². The summed E-state index contributed by atoms with van der Waals surface area (Å²) in [5, 5.41) is 0. The third-order valence-corrected chi connectivity index (χ3v) is 7.43. The van der Waals surface area contributed by atoms with Gasteiger partial charge in [-0.25, -0.2) is 4.57 Å². The highest BCUT2D eigenvalue weighted by atomic mass is 16.5. The topological polar surface area (TPSA) is 42.7 Å². The molecule has 180 valence electrons. The summed E-state index contributed by atoms with van der Waals surface area (Å²) in [6, 6.07) is 24.7. The van der Waals surface area contributed by atoms with Crippen molar-refractivity contribution in [1.29, 1.82) is 0 Å². The van der Waals surface area contributed by atoms with Gasteiger partial charge >= 0.3 is 0 Å². The van der Waals surface area contributed by atoms with E-state index in [9.17, 15) is 4.79 Å². The summed E-state index contributed by atoms with van der Waals surface area (Å²) in [4.78, 5) is 15.9. The molecule has 0 spiro atoms. The lowest BCUT2D eigenvalue weighted by atomic mass is 9.76. The zero-order valence-electron chi connectivity index (χ0n) is 20.6. The van der Waals surface area contributed by atoms with Crippen LogP contribution in [0.15, 0.2) is 85.2 Å². The van der Waals surface area contributed by atoms with E-state index in [0.717, 1.165) is 42.0 Å². The number of fused-ring (bicyclic) bond motifs is 2. The maximum Gasteiger partial charge on any atom is 0.254 e. The van der Waals surface area contributed by atoms with Gasteiger partial charge in [-0.3, -0.25) is 4.79 Å². The number of carbonyl (C=O) groups is 1. The van der Waals surface area contributed by atoms with Gasteiger partial charge in [-0.2, -0.15) is 0 Å². The number of methoxy groups -OCH3 is 2. The summed E-state index contributed by atoms with van der Waals surface area (Å²) in [5.41, 5.74) is 7.82. The van der Waals surface area contributed by atoms with Crippen LogP contribution in [-0.4, -0.2) is 31.6 Å². The molecule has 2 aliphatic rings. The molecule has 1 atom stereocenters. The highest BCUT2D eigenvalue weighted by Crippen LogP contribution is 2.52. The van der Waals surface area contributed by atoms with Gasteiger partial charge < -0.3 is 14.4 Å². The summed E-state index contributed by atoms with van der Waals surface area (Å²) in [7, 11) is 3.37. The fourth-order valence-corrected chi connectivity index (χ4v) is 5.74. The number of nitrogens with zero attached hydrogens (tertiary/aromatic N) is 2. The lowest BCUT2D eigenvalue weighted by Gasteiger charge is -2.42. The highest BCUT2D eigenvalue weighted by molar-refractivity contribution is 5.95. The highest BCUT2D eigenvalue weighted by Gasteiger charge is 2.39. The van der Waals surface area contributed by atoms with E-state index in [1.54, 1.807) is 14.2 Å². The Morgan fingerprint density at radius 3 is 2.44 bits per heavy atom. The number of pyridine rings is 1. The summed E-state index contributed by atoms with van der Waals surface area (Å²) in [5.74, 6) is 1.55. The predicted molar refractivity (Wildman–Crippen MR) is 138 cm³/mol. The minimum Gasteiger partial charge on any atom is -0.493 e. The molecule has 0 fully saturated rings. The molecule has 36 heavy (non-hydrogen) atoms. The first-order valence-corrected chi connectivity index (χ1v) is 12.4. The standard InChI is InChI=1S/C31H29N2O3/c1-35-27-19-24-14-17-33(26-18-23-10-6-7-11-25(23)29(28(24)26)30(27)36-2)31(34)22-12-15-32(16-13-22)20-21-8-4-3-5-9-21/h3-13,15-16,19,26H,14,17-18,20H2,1-2H3/q+1. The summed E-state index contributed by atoms with van der Waals surface area (Å²) >= 11 is 0. The average molecular weight is 478 g/mol. The van der Waals surface area contributed by atoms with E-state index in [1.807, 2.05) is 47.6 Å². The van der Waals surface area contributed by atoms with Crippen LogP contribution in [0.4, 0.5) is 0 Å². The van der Waals surface area contributed by atoms with Crippen molar-refractivity contribution in [2.75, 3.05) is 20.8 Å². The first-order chi connectivity index (χ1) is 17.7. The van der Waals surface area contributed by atoms with Crippen LogP contribution in [0.1, 0.15) is 38.7 Å². The largest absolute Gasteiger partial charge is 0.493 e.